The predicted molar refractivity (Wildman–Crippen MR) is 51.0 cm³/mol. The van der Waals surface area contributed by atoms with Gasteiger partial charge < -0.3 is 0 Å². The van der Waals surface area contributed by atoms with Gasteiger partial charge in [-0.2, -0.15) is 13.2 Å². The third kappa shape index (κ3) is 2.79. The Labute approximate surface area is 88.1 Å². The number of alkyl halides is 4. The highest BCUT2D eigenvalue weighted by Crippen LogP contribution is 2.38. The molecule has 0 aliphatic rings. The molecule has 0 aliphatic carbocycles. The summed E-state index contributed by atoms with van der Waals surface area (Å²) in [4.78, 5) is -0.613. The van der Waals surface area contributed by atoms with E-state index in [0.717, 1.165) is 6.07 Å². The van der Waals surface area contributed by atoms with Crippen LogP contribution in [-0.2, 0) is 12.6 Å². The minimum Gasteiger partial charge on any atom is -0.165 e. The molecule has 0 amide bonds. The third-order valence-corrected chi connectivity index (χ3v) is 3.20. The molecule has 0 aliphatic heterocycles. The quantitative estimate of drug-likeness (QED) is 0.595. The Morgan fingerprint density at radius 2 is 2.08 bits per heavy atom. The summed E-state index contributed by atoms with van der Waals surface area (Å²) in [5.74, 6) is 0.307. The van der Waals surface area contributed by atoms with E-state index in [-0.39, 0.29) is 0 Å². The van der Waals surface area contributed by atoms with Gasteiger partial charge in [0.1, 0.15) is 4.88 Å². The van der Waals surface area contributed by atoms with Gasteiger partial charge in [-0.3, -0.25) is 0 Å². The SMILES string of the molecule is FC(F)(F)c1cc(CCCl)c(S)s1. The van der Waals surface area contributed by atoms with E-state index >= 15 is 0 Å². The molecule has 0 aromatic carbocycles. The highest BCUT2D eigenvalue weighted by atomic mass is 35.5. The fourth-order valence-corrected chi connectivity index (χ4v) is 2.33. The average Bonchev–Trinajstić information content (AvgIpc) is 2.32. The highest BCUT2D eigenvalue weighted by molar-refractivity contribution is 7.83. The molecule has 74 valence electrons. The Morgan fingerprint density at radius 1 is 1.46 bits per heavy atom. The predicted octanol–water partition coefficient (Wildman–Crippen LogP) is 3.84. The number of aryl methyl sites for hydroxylation is 1. The van der Waals surface area contributed by atoms with Crippen molar-refractivity contribution in [3.8, 4) is 0 Å². The van der Waals surface area contributed by atoms with E-state index in [1.165, 1.54) is 0 Å². The highest BCUT2D eigenvalue weighted by Gasteiger charge is 2.33. The molecule has 6 heteroatoms. The van der Waals surface area contributed by atoms with Gasteiger partial charge in [0.2, 0.25) is 0 Å². The molecule has 1 heterocycles. The second kappa shape index (κ2) is 4.11. The smallest absolute Gasteiger partial charge is 0.165 e. The lowest BCUT2D eigenvalue weighted by atomic mass is 10.2. The summed E-state index contributed by atoms with van der Waals surface area (Å²) in [7, 11) is 0. The van der Waals surface area contributed by atoms with Crippen molar-refractivity contribution in [1.82, 2.24) is 0 Å². The number of thiol groups is 1. The second-order valence-electron chi connectivity index (χ2n) is 2.38. The normalized spacial score (nSPS) is 12.1. The Kier molecular flexibility index (Phi) is 3.54. The van der Waals surface area contributed by atoms with Crippen molar-refractivity contribution < 1.29 is 13.2 Å². The van der Waals surface area contributed by atoms with Gasteiger partial charge in [0.05, 0.1) is 4.21 Å². The first-order valence-electron chi connectivity index (χ1n) is 3.40. The van der Waals surface area contributed by atoms with Gasteiger partial charge in [0, 0.05) is 5.88 Å². The summed E-state index contributed by atoms with van der Waals surface area (Å²) >= 11 is 10.0. The number of rotatable bonds is 2. The van der Waals surface area contributed by atoms with E-state index in [4.69, 9.17) is 11.6 Å². The molecule has 1 aromatic heterocycles. The molecule has 0 unspecified atom stereocenters. The van der Waals surface area contributed by atoms with Crippen molar-refractivity contribution >= 4 is 35.6 Å². The zero-order chi connectivity index (χ0) is 10.1. The number of hydrogen-bond donors (Lipinski definition) is 1. The van der Waals surface area contributed by atoms with Crippen LogP contribution in [0, 0.1) is 0 Å². The van der Waals surface area contributed by atoms with Crippen LogP contribution in [0.25, 0.3) is 0 Å². The van der Waals surface area contributed by atoms with E-state index in [9.17, 15) is 13.2 Å². The zero-order valence-electron chi connectivity index (χ0n) is 6.36. The molecule has 0 saturated carbocycles. The van der Waals surface area contributed by atoms with Crippen molar-refractivity contribution in [3.63, 3.8) is 0 Å². The van der Waals surface area contributed by atoms with Crippen molar-refractivity contribution in [2.45, 2.75) is 16.8 Å². The van der Waals surface area contributed by atoms with Crippen molar-refractivity contribution in [3.05, 3.63) is 16.5 Å². The molecular formula is C7H6ClF3S2. The average molecular weight is 247 g/mol. The first-order valence-corrected chi connectivity index (χ1v) is 5.20. The number of hydrogen-bond acceptors (Lipinski definition) is 2. The lowest BCUT2D eigenvalue weighted by Crippen LogP contribution is -2.00. The van der Waals surface area contributed by atoms with Crippen LogP contribution in [0.3, 0.4) is 0 Å². The number of halogens is 4. The molecular weight excluding hydrogens is 241 g/mol. The minimum absolute atomic E-state index is 0.307. The molecule has 0 radical (unpaired) electrons. The molecule has 0 bridgehead atoms. The maximum atomic E-state index is 12.2. The van der Waals surface area contributed by atoms with Crippen LogP contribution in [0.5, 0.6) is 0 Å². The Hall–Kier alpha value is 0.130. The van der Waals surface area contributed by atoms with Gasteiger partial charge in [-0.1, -0.05) is 0 Å². The first-order chi connectivity index (χ1) is 5.95. The van der Waals surface area contributed by atoms with E-state index < -0.39 is 11.1 Å². The standard InChI is InChI=1S/C7H6ClF3S2/c8-2-1-4-3-5(7(9,10)11)13-6(4)12/h3,12H,1-2H2. The summed E-state index contributed by atoms with van der Waals surface area (Å²) in [5, 5.41) is 0. The van der Waals surface area contributed by atoms with Crippen LogP contribution in [-0.4, -0.2) is 5.88 Å². The molecule has 1 rings (SSSR count). The van der Waals surface area contributed by atoms with Gasteiger partial charge in [0.25, 0.3) is 0 Å². The van der Waals surface area contributed by atoms with E-state index in [2.05, 4.69) is 12.6 Å². The van der Waals surface area contributed by atoms with Crippen molar-refractivity contribution in [2.24, 2.45) is 0 Å². The summed E-state index contributed by atoms with van der Waals surface area (Å²) in [5.41, 5.74) is 0.565. The van der Waals surface area contributed by atoms with E-state index in [1.54, 1.807) is 0 Å². The van der Waals surface area contributed by atoms with Crippen LogP contribution >= 0.6 is 35.6 Å². The largest absolute Gasteiger partial charge is 0.425 e. The minimum atomic E-state index is -4.27. The fraction of sp³-hybridized carbons (Fsp3) is 0.429. The van der Waals surface area contributed by atoms with Gasteiger partial charge in [0.15, 0.2) is 0 Å². The van der Waals surface area contributed by atoms with Crippen molar-refractivity contribution in [2.75, 3.05) is 5.88 Å². The van der Waals surface area contributed by atoms with Gasteiger partial charge in [-0.25, -0.2) is 0 Å². The number of thiophene rings is 1. The fourth-order valence-electron chi connectivity index (χ4n) is 0.840. The maximum Gasteiger partial charge on any atom is 0.425 e. The molecule has 0 N–H and O–H groups in total. The Balaban J connectivity index is 2.95. The molecule has 0 atom stereocenters. The van der Waals surface area contributed by atoms with E-state index in [0.29, 0.717) is 33.4 Å². The molecule has 0 nitrogen and oxygen atoms in total. The lowest BCUT2D eigenvalue weighted by molar-refractivity contribution is -0.134. The van der Waals surface area contributed by atoms with Crippen LogP contribution in [0.1, 0.15) is 10.4 Å². The monoisotopic (exact) mass is 246 g/mol. The molecule has 0 spiro atoms. The van der Waals surface area contributed by atoms with Gasteiger partial charge >= 0.3 is 6.18 Å². The Morgan fingerprint density at radius 3 is 2.46 bits per heavy atom. The van der Waals surface area contributed by atoms with Crippen LogP contribution in [0.15, 0.2) is 10.3 Å². The Bertz CT molecular complexity index is 292. The summed E-state index contributed by atoms with van der Waals surface area (Å²) < 4.78 is 36.9. The summed E-state index contributed by atoms with van der Waals surface area (Å²) in [6.07, 6.45) is -3.85. The third-order valence-electron chi connectivity index (χ3n) is 1.43. The first kappa shape index (κ1) is 11.2. The lowest BCUT2D eigenvalue weighted by Gasteiger charge is -2.00. The second-order valence-corrected chi connectivity index (χ2v) is 4.56. The van der Waals surface area contributed by atoms with Gasteiger partial charge in [-0.15, -0.1) is 35.6 Å². The maximum absolute atomic E-state index is 12.2. The van der Waals surface area contributed by atoms with Crippen LogP contribution in [0.2, 0.25) is 0 Å². The summed E-state index contributed by atoms with van der Waals surface area (Å²) in [6.45, 7) is 0. The van der Waals surface area contributed by atoms with E-state index in [1.807, 2.05) is 0 Å². The molecule has 0 saturated heterocycles. The van der Waals surface area contributed by atoms with Crippen LogP contribution in [0.4, 0.5) is 13.2 Å². The van der Waals surface area contributed by atoms with Crippen LogP contribution < -0.4 is 0 Å². The zero-order valence-corrected chi connectivity index (χ0v) is 8.83. The topological polar surface area (TPSA) is 0 Å². The molecule has 13 heavy (non-hydrogen) atoms. The molecule has 1 aromatic rings. The van der Waals surface area contributed by atoms with Gasteiger partial charge in [-0.05, 0) is 18.1 Å². The van der Waals surface area contributed by atoms with Crippen molar-refractivity contribution in [1.29, 1.82) is 0 Å². The molecule has 0 fully saturated rings. The summed E-state index contributed by atoms with van der Waals surface area (Å²) in [6, 6.07) is 1.11.